The zero-order chi connectivity index (χ0) is 24.5. The number of aryl methyl sites for hydroxylation is 1. The first-order valence-electron chi connectivity index (χ1n) is 10.3. The molecule has 0 saturated carbocycles. The summed E-state index contributed by atoms with van der Waals surface area (Å²) < 4.78 is 15.0. The molecule has 0 bridgehead atoms. The first-order valence-corrected chi connectivity index (χ1v) is 10.3. The molecule has 8 heteroatoms. The predicted molar refractivity (Wildman–Crippen MR) is 120 cm³/mol. The third-order valence-corrected chi connectivity index (χ3v) is 5.54. The third kappa shape index (κ3) is 4.95. The molecule has 0 aliphatic rings. The molecule has 0 aliphatic heterocycles. The van der Waals surface area contributed by atoms with Gasteiger partial charge in [-0.3, -0.25) is 19.2 Å². The number of Topliss-reactive ketones (excluding diaryl/α,β-unsaturated/α-hetero) is 2. The van der Waals surface area contributed by atoms with Crippen LogP contribution in [-0.2, 0) is 16.6 Å². The maximum absolute atomic E-state index is 13.5. The second kappa shape index (κ2) is 9.06. The van der Waals surface area contributed by atoms with E-state index in [-0.39, 0.29) is 22.9 Å². The van der Waals surface area contributed by atoms with Crippen molar-refractivity contribution < 1.29 is 23.6 Å². The number of aromatic nitrogens is 1. The molecule has 2 amide bonds. The molecule has 1 aromatic carbocycles. The quantitative estimate of drug-likeness (QED) is 0.526. The zero-order valence-corrected chi connectivity index (χ0v) is 19.8. The molecule has 1 heterocycles. The second-order valence-corrected chi connectivity index (χ2v) is 9.12. The molecule has 32 heavy (non-hydrogen) atoms. The first kappa shape index (κ1) is 25.0. The Balaban J connectivity index is 2.36. The molecule has 0 fully saturated rings. The summed E-state index contributed by atoms with van der Waals surface area (Å²) >= 11 is 0. The van der Waals surface area contributed by atoms with Gasteiger partial charge in [0, 0.05) is 18.4 Å². The summed E-state index contributed by atoms with van der Waals surface area (Å²) in [5, 5.41) is 5.24. The van der Waals surface area contributed by atoms with Gasteiger partial charge in [0.05, 0.1) is 17.3 Å². The number of hydrogen-bond acceptors (Lipinski definition) is 4. The first-order chi connectivity index (χ1) is 14.7. The van der Waals surface area contributed by atoms with Crippen LogP contribution in [0.2, 0.25) is 0 Å². The minimum Gasteiger partial charge on any atom is -0.344 e. The largest absolute Gasteiger partial charge is 0.344 e. The Labute approximate surface area is 187 Å². The van der Waals surface area contributed by atoms with Crippen molar-refractivity contribution in [3.63, 3.8) is 0 Å². The average molecular weight is 444 g/mol. The number of halogens is 1. The van der Waals surface area contributed by atoms with Gasteiger partial charge >= 0.3 is 0 Å². The Kier molecular flexibility index (Phi) is 7.07. The van der Waals surface area contributed by atoms with Crippen LogP contribution in [0.1, 0.15) is 65.4 Å². The zero-order valence-electron chi connectivity index (χ0n) is 19.8. The van der Waals surface area contributed by atoms with Gasteiger partial charge in [-0.1, -0.05) is 20.8 Å². The van der Waals surface area contributed by atoms with Gasteiger partial charge in [0.15, 0.2) is 5.78 Å². The minimum absolute atomic E-state index is 0.0663. The number of amides is 2. The van der Waals surface area contributed by atoms with Crippen LogP contribution in [0.5, 0.6) is 0 Å². The van der Waals surface area contributed by atoms with Crippen molar-refractivity contribution in [2.24, 2.45) is 12.5 Å². The van der Waals surface area contributed by atoms with Crippen molar-refractivity contribution in [3.05, 3.63) is 52.1 Å². The number of anilines is 1. The molecule has 172 valence electrons. The number of rotatable bonds is 6. The van der Waals surface area contributed by atoms with E-state index >= 15 is 0 Å². The summed E-state index contributed by atoms with van der Waals surface area (Å²) in [6.07, 6.45) is 0. The van der Waals surface area contributed by atoms with Crippen LogP contribution in [-0.4, -0.2) is 34.0 Å². The molecular weight excluding hydrogens is 413 g/mol. The van der Waals surface area contributed by atoms with Crippen LogP contribution in [0.3, 0.4) is 0 Å². The van der Waals surface area contributed by atoms with Gasteiger partial charge < -0.3 is 15.2 Å². The second-order valence-electron chi connectivity index (χ2n) is 9.12. The van der Waals surface area contributed by atoms with Crippen molar-refractivity contribution in [3.8, 4) is 0 Å². The fraction of sp³-hybridized carbons (Fsp3) is 0.417. The van der Waals surface area contributed by atoms with E-state index in [0.29, 0.717) is 22.5 Å². The SMILES string of the molecule is CC(=O)[C@H](NC(=O)C(=O)c1c(C)c(C(=O)Nc2ccc(F)c(C)c2)c(C)n1C)C(C)(C)C. The van der Waals surface area contributed by atoms with E-state index in [2.05, 4.69) is 10.6 Å². The third-order valence-electron chi connectivity index (χ3n) is 5.54. The van der Waals surface area contributed by atoms with Crippen molar-refractivity contribution in [1.29, 1.82) is 0 Å². The van der Waals surface area contributed by atoms with Gasteiger partial charge in [-0.2, -0.15) is 0 Å². The van der Waals surface area contributed by atoms with Gasteiger partial charge in [-0.05, 0) is 62.4 Å². The molecule has 0 aliphatic carbocycles. The van der Waals surface area contributed by atoms with Gasteiger partial charge in [-0.25, -0.2) is 4.39 Å². The molecule has 1 atom stereocenters. The summed E-state index contributed by atoms with van der Waals surface area (Å²) in [5.74, 6) is -2.86. The summed E-state index contributed by atoms with van der Waals surface area (Å²) in [6.45, 7) is 11.6. The average Bonchev–Trinajstić information content (AvgIpc) is 2.89. The number of carbonyl (C=O) groups excluding carboxylic acids is 4. The van der Waals surface area contributed by atoms with Crippen LogP contribution in [0, 0.1) is 32.0 Å². The molecule has 2 aromatic rings. The highest BCUT2D eigenvalue weighted by Crippen LogP contribution is 2.25. The number of ketones is 2. The Hall–Kier alpha value is -3.29. The standard InChI is InChI=1S/C24H30FN3O4/c1-12-11-16(9-10-17(12)25)26-22(31)18-13(2)19(28(8)14(18)3)20(30)23(32)27-21(15(4)29)24(5,6)7/h9-11,21H,1-8H3,(H,26,31)(H,27,32)/t21-/m0/s1. The van der Waals surface area contributed by atoms with Gasteiger partial charge in [0.1, 0.15) is 5.82 Å². The lowest BCUT2D eigenvalue weighted by atomic mass is 9.84. The Morgan fingerprint density at radius 1 is 1.06 bits per heavy atom. The molecule has 1 aromatic heterocycles. The van der Waals surface area contributed by atoms with Crippen LogP contribution in [0.4, 0.5) is 10.1 Å². The number of nitrogens with one attached hydrogen (secondary N) is 2. The number of carbonyl (C=O) groups is 4. The monoisotopic (exact) mass is 443 g/mol. The molecular formula is C24H30FN3O4. The Morgan fingerprint density at radius 3 is 2.16 bits per heavy atom. The highest BCUT2D eigenvalue weighted by Gasteiger charge is 2.34. The van der Waals surface area contributed by atoms with E-state index in [1.54, 1.807) is 48.6 Å². The lowest BCUT2D eigenvalue weighted by molar-refractivity contribution is -0.126. The summed E-state index contributed by atoms with van der Waals surface area (Å²) in [4.78, 5) is 50.6. The lowest BCUT2D eigenvalue weighted by Crippen LogP contribution is -2.50. The number of hydrogen-bond donors (Lipinski definition) is 2. The van der Waals surface area contributed by atoms with Crippen LogP contribution >= 0.6 is 0 Å². The van der Waals surface area contributed by atoms with E-state index in [9.17, 15) is 23.6 Å². The molecule has 0 radical (unpaired) electrons. The smallest absolute Gasteiger partial charge is 0.294 e. The molecule has 7 nitrogen and oxygen atoms in total. The van der Waals surface area contributed by atoms with Crippen LogP contribution in [0.15, 0.2) is 18.2 Å². The molecule has 0 unspecified atom stereocenters. The fourth-order valence-electron chi connectivity index (χ4n) is 3.78. The normalized spacial score (nSPS) is 12.3. The van der Waals surface area contributed by atoms with E-state index in [1.165, 1.54) is 29.7 Å². The van der Waals surface area contributed by atoms with Crippen molar-refractivity contribution in [2.45, 2.75) is 54.5 Å². The Bertz CT molecular complexity index is 1110. The molecule has 2 rings (SSSR count). The maximum atomic E-state index is 13.5. The van der Waals surface area contributed by atoms with Gasteiger partial charge in [-0.15, -0.1) is 0 Å². The summed E-state index contributed by atoms with van der Waals surface area (Å²) in [5.41, 5.74) is 1.39. The topological polar surface area (TPSA) is 97.3 Å². The molecule has 0 spiro atoms. The van der Waals surface area contributed by atoms with Gasteiger partial charge in [0.2, 0.25) is 0 Å². The van der Waals surface area contributed by atoms with E-state index in [4.69, 9.17) is 0 Å². The van der Waals surface area contributed by atoms with E-state index in [1.807, 2.05) is 0 Å². The highest BCUT2D eigenvalue weighted by atomic mass is 19.1. The van der Waals surface area contributed by atoms with Crippen molar-refractivity contribution in [2.75, 3.05) is 5.32 Å². The predicted octanol–water partition coefficient (Wildman–Crippen LogP) is 3.64. The van der Waals surface area contributed by atoms with E-state index in [0.717, 1.165) is 0 Å². The summed E-state index contributed by atoms with van der Waals surface area (Å²) in [6, 6.07) is 3.39. The fourth-order valence-corrected chi connectivity index (χ4v) is 3.78. The van der Waals surface area contributed by atoms with Crippen molar-refractivity contribution in [1.82, 2.24) is 9.88 Å². The molecule has 0 saturated heterocycles. The van der Waals surface area contributed by atoms with E-state index < -0.39 is 29.1 Å². The number of nitrogens with zero attached hydrogens (tertiary/aromatic N) is 1. The van der Waals surface area contributed by atoms with Gasteiger partial charge in [0.25, 0.3) is 17.6 Å². The minimum atomic E-state index is -0.912. The molecule has 2 N–H and O–H groups in total. The summed E-state index contributed by atoms with van der Waals surface area (Å²) in [7, 11) is 1.59. The van der Waals surface area contributed by atoms with Crippen molar-refractivity contribution >= 4 is 29.1 Å². The highest BCUT2D eigenvalue weighted by molar-refractivity contribution is 6.43. The van der Waals surface area contributed by atoms with Crippen LogP contribution < -0.4 is 10.6 Å². The Morgan fingerprint density at radius 2 is 1.66 bits per heavy atom. The number of benzene rings is 1. The maximum Gasteiger partial charge on any atom is 0.294 e. The lowest BCUT2D eigenvalue weighted by Gasteiger charge is -2.29. The van der Waals surface area contributed by atoms with Crippen LogP contribution in [0.25, 0.3) is 0 Å².